The summed E-state index contributed by atoms with van der Waals surface area (Å²) in [6, 6.07) is 12.5. The average Bonchev–Trinajstić information content (AvgIpc) is 3.19. The SMILES string of the molecule is COc1ccc(Cl)cc1C(=O)N(Cc1cccnc1)c1nc2c(C)c(Cl)ccc2s1. The molecule has 30 heavy (non-hydrogen) atoms. The summed E-state index contributed by atoms with van der Waals surface area (Å²) in [5, 5.41) is 1.65. The van der Waals surface area contributed by atoms with Crippen LogP contribution in [-0.2, 0) is 6.54 Å². The molecule has 0 aliphatic rings. The third-order valence-corrected chi connectivity index (χ3v) is 6.36. The molecule has 8 heteroatoms. The van der Waals surface area contributed by atoms with E-state index in [0.29, 0.717) is 33.0 Å². The van der Waals surface area contributed by atoms with Crippen LogP contribution in [0.15, 0.2) is 54.9 Å². The first-order valence-electron chi connectivity index (χ1n) is 9.08. The second kappa shape index (κ2) is 8.60. The van der Waals surface area contributed by atoms with Crippen LogP contribution in [0.1, 0.15) is 21.5 Å². The molecule has 152 valence electrons. The van der Waals surface area contributed by atoms with Gasteiger partial charge in [0.2, 0.25) is 0 Å². The maximum atomic E-state index is 13.6. The number of hydrogen-bond acceptors (Lipinski definition) is 5. The van der Waals surface area contributed by atoms with Crippen LogP contribution in [0.25, 0.3) is 10.2 Å². The van der Waals surface area contributed by atoms with Crippen molar-refractivity contribution in [2.24, 2.45) is 0 Å². The number of halogens is 2. The van der Waals surface area contributed by atoms with E-state index in [2.05, 4.69) is 4.98 Å². The van der Waals surface area contributed by atoms with Crippen LogP contribution in [-0.4, -0.2) is 23.0 Å². The smallest absolute Gasteiger partial charge is 0.264 e. The second-order valence-electron chi connectivity index (χ2n) is 6.61. The molecule has 0 saturated heterocycles. The van der Waals surface area contributed by atoms with Gasteiger partial charge in [-0.05, 0) is 54.4 Å². The number of anilines is 1. The van der Waals surface area contributed by atoms with Gasteiger partial charge in [0.05, 0.1) is 29.4 Å². The monoisotopic (exact) mass is 457 g/mol. The van der Waals surface area contributed by atoms with Crippen molar-refractivity contribution < 1.29 is 9.53 Å². The molecule has 0 aliphatic heterocycles. The van der Waals surface area contributed by atoms with E-state index in [-0.39, 0.29) is 5.91 Å². The quantitative estimate of drug-likeness (QED) is 0.359. The third kappa shape index (κ3) is 3.99. The maximum absolute atomic E-state index is 13.6. The first-order valence-corrected chi connectivity index (χ1v) is 10.6. The zero-order valence-corrected chi connectivity index (χ0v) is 18.6. The van der Waals surface area contributed by atoms with Crippen LogP contribution < -0.4 is 9.64 Å². The van der Waals surface area contributed by atoms with Crippen molar-refractivity contribution in [2.45, 2.75) is 13.5 Å². The van der Waals surface area contributed by atoms with E-state index in [0.717, 1.165) is 21.3 Å². The first-order chi connectivity index (χ1) is 14.5. The Morgan fingerprint density at radius 1 is 1.20 bits per heavy atom. The highest BCUT2D eigenvalue weighted by Crippen LogP contribution is 2.35. The molecule has 5 nitrogen and oxygen atoms in total. The number of amides is 1. The van der Waals surface area contributed by atoms with Gasteiger partial charge in [0, 0.05) is 22.4 Å². The second-order valence-corrected chi connectivity index (χ2v) is 8.47. The average molecular weight is 458 g/mol. The van der Waals surface area contributed by atoms with Gasteiger partial charge in [0.1, 0.15) is 5.75 Å². The Bertz CT molecular complexity index is 1230. The number of thiazole rings is 1. The summed E-state index contributed by atoms with van der Waals surface area (Å²) in [4.78, 5) is 24.1. The summed E-state index contributed by atoms with van der Waals surface area (Å²) in [6.45, 7) is 2.22. The molecule has 0 spiro atoms. The molecule has 2 aromatic carbocycles. The van der Waals surface area contributed by atoms with E-state index in [9.17, 15) is 4.79 Å². The molecule has 4 rings (SSSR count). The van der Waals surface area contributed by atoms with Crippen molar-refractivity contribution >= 4 is 55.8 Å². The summed E-state index contributed by atoms with van der Waals surface area (Å²) in [5.74, 6) is 0.182. The zero-order valence-electron chi connectivity index (χ0n) is 16.2. The summed E-state index contributed by atoms with van der Waals surface area (Å²) in [6.07, 6.45) is 3.42. The zero-order chi connectivity index (χ0) is 21.3. The Morgan fingerprint density at radius 3 is 2.77 bits per heavy atom. The Hall–Kier alpha value is -2.67. The van der Waals surface area contributed by atoms with Gasteiger partial charge in [-0.15, -0.1) is 0 Å². The molecule has 4 aromatic rings. The Morgan fingerprint density at radius 2 is 2.03 bits per heavy atom. The molecule has 0 unspecified atom stereocenters. The van der Waals surface area contributed by atoms with E-state index in [1.54, 1.807) is 35.5 Å². The molecule has 0 saturated carbocycles. The van der Waals surface area contributed by atoms with Crippen molar-refractivity contribution in [3.8, 4) is 5.75 Å². The number of aromatic nitrogens is 2. The number of carbonyl (C=O) groups is 1. The maximum Gasteiger partial charge on any atom is 0.264 e. The number of benzene rings is 2. The number of pyridine rings is 1. The number of aryl methyl sites for hydroxylation is 1. The minimum absolute atomic E-state index is 0.263. The number of fused-ring (bicyclic) bond motifs is 1. The van der Waals surface area contributed by atoms with E-state index >= 15 is 0 Å². The molecule has 0 fully saturated rings. The minimum Gasteiger partial charge on any atom is -0.496 e. The number of ether oxygens (including phenoxy) is 1. The number of hydrogen-bond donors (Lipinski definition) is 0. The van der Waals surface area contributed by atoms with Crippen LogP contribution in [0.4, 0.5) is 5.13 Å². The summed E-state index contributed by atoms with van der Waals surface area (Å²) in [7, 11) is 1.52. The first kappa shape index (κ1) is 20.6. The fourth-order valence-electron chi connectivity index (χ4n) is 3.10. The fraction of sp³-hybridized carbons (Fsp3) is 0.136. The van der Waals surface area contributed by atoms with Gasteiger partial charge in [-0.1, -0.05) is 40.6 Å². The van der Waals surface area contributed by atoms with Gasteiger partial charge in [-0.3, -0.25) is 14.7 Å². The number of nitrogens with zero attached hydrogens (tertiary/aromatic N) is 3. The number of rotatable bonds is 5. The van der Waals surface area contributed by atoms with Crippen molar-refractivity contribution in [2.75, 3.05) is 12.0 Å². The Labute approximate surface area is 187 Å². The molecular weight excluding hydrogens is 441 g/mol. The van der Waals surface area contributed by atoms with Crippen LogP contribution in [0.3, 0.4) is 0 Å². The van der Waals surface area contributed by atoms with Gasteiger partial charge in [-0.2, -0.15) is 0 Å². The third-order valence-electron chi connectivity index (χ3n) is 4.67. The lowest BCUT2D eigenvalue weighted by Crippen LogP contribution is -2.30. The molecular formula is C22H17Cl2N3O2S. The molecule has 0 aliphatic carbocycles. The van der Waals surface area contributed by atoms with Crippen molar-refractivity contribution in [1.82, 2.24) is 9.97 Å². The highest BCUT2D eigenvalue weighted by Gasteiger charge is 2.25. The highest BCUT2D eigenvalue weighted by molar-refractivity contribution is 7.22. The van der Waals surface area contributed by atoms with E-state index < -0.39 is 0 Å². The Kier molecular flexibility index (Phi) is 5.90. The number of carbonyl (C=O) groups excluding carboxylic acids is 1. The molecule has 0 radical (unpaired) electrons. The normalized spacial score (nSPS) is 10.9. The van der Waals surface area contributed by atoms with Crippen molar-refractivity contribution in [3.63, 3.8) is 0 Å². The molecule has 2 aromatic heterocycles. The lowest BCUT2D eigenvalue weighted by molar-refractivity contribution is 0.0982. The lowest BCUT2D eigenvalue weighted by Gasteiger charge is -2.21. The number of methoxy groups -OCH3 is 1. The summed E-state index contributed by atoms with van der Waals surface area (Å²) >= 11 is 13.9. The van der Waals surface area contributed by atoms with Gasteiger partial charge in [-0.25, -0.2) is 4.98 Å². The molecule has 2 heterocycles. The van der Waals surface area contributed by atoms with Gasteiger partial charge in [0.15, 0.2) is 5.13 Å². The topological polar surface area (TPSA) is 55.3 Å². The molecule has 0 atom stereocenters. The van der Waals surface area contributed by atoms with Crippen LogP contribution >= 0.6 is 34.5 Å². The predicted octanol–water partition coefficient (Wildman–Crippen LogP) is 6.16. The van der Waals surface area contributed by atoms with Crippen LogP contribution in [0.5, 0.6) is 5.75 Å². The lowest BCUT2D eigenvalue weighted by atomic mass is 10.1. The highest BCUT2D eigenvalue weighted by atomic mass is 35.5. The van der Waals surface area contributed by atoms with Crippen LogP contribution in [0.2, 0.25) is 10.0 Å². The largest absolute Gasteiger partial charge is 0.496 e. The van der Waals surface area contributed by atoms with E-state index in [4.69, 9.17) is 32.9 Å². The standard InChI is InChI=1S/C22H17Cl2N3O2S/c1-13-17(24)6-8-19-20(13)26-22(30-19)27(12-14-4-3-9-25-11-14)21(28)16-10-15(23)5-7-18(16)29-2/h3-11H,12H2,1-2H3. The van der Waals surface area contributed by atoms with Crippen LogP contribution in [0, 0.1) is 6.92 Å². The van der Waals surface area contributed by atoms with E-state index in [1.807, 2.05) is 31.2 Å². The molecule has 0 bridgehead atoms. The van der Waals surface area contributed by atoms with Gasteiger partial charge >= 0.3 is 0 Å². The van der Waals surface area contributed by atoms with E-state index in [1.165, 1.54) is 18.4 Å². The summed E-state index contributed by atoms with van der Waals surface area (Å²) in [5.41, 5.74) is 2.90. The summed E-state index contributed by atoms with van der Waals surface area (Å²) < 4.78 is 6.35. The van der Waals surface area contributed by atoms with Gasteiger partial charge in [0.25, 0.3) is 5.91 Å². The molecule has 1 amide bonds. The minimum atomic E-state index is -0.263. The van der Waals surface area contributed by atoms with Crippen molar-refractivity contribution in [1.29, 1.82) is 0 Å². The fourth-order valence-corrected chi connectivity index (χ4v) is 4.44. The van der Waals surface area contributed by atoms with Gasteiger partial charge < -0.3 is 4.74 Å². The Balaban J connectivity index is 1.84. The predicted molar refractivity (Wildman–Crippen MR) is 122 cm³/mol. The van der Waals surface area contributed by atoms with Crippen molar-refractivity contribution in [3.05, 3.63) is 81.6 Å². The molecule has 0 N–H and O–H groups in total.